The number of hydrogen-bond donors (Lipinski definition) is 4. The lowest BCUT2D eigenvalue weighted by molar-refractivity contribution is -0.145. The van der Waals surface area contributed by atoms with Crippen molar-refractivity contribution in [3.05, 3.63) is 40.9 Å². The zero-order valence-corrected chi connectivity index (χ0v) is 29.3. The van der Waals surface area contributed by atoms with Crippen molar-refractivity contribution in [3.63, 3.8) is 0 Å². The average Bonchev–Trinajstić information content (AvgIpc) is 3.64. The molecule has 4 aliphatic rings. The first kappa shape index (κ1) is 35.9. The normalized spacial score (nSPS) is 24.0. The molecule has 1 spiro atoms. The first-order chi connectivity index (χ1) is 22.8. The van der Waals surface area contributed by atoms with Crippen molar-refractivity contribution < 1.29 is 28.8 Å². The Hall–Kier alpha value is -3.44. The molecule has 0 bridgehead atoms. The summed E-state index contributed by atoms with van der Waals surface area (Å²) in [5, 5.41) is 9.13. The van der Waals surface area contributed by atoms with E-state index in [1.165, 1.54) is 11.3 Å². The van der Waals surface area contributed by atoms with Crippen molar-refractivity contribution in [2.24, 2.45) is 11.3 Å². The molecule has 3 fully saturated rings. The van der Waals surface area contributed by atoms with Gasteiger partial charge in [0.25, 0.3) is 5.91 Å². The van der Waals surface area contributed by atoms with Gasteiger partial charge < -0.3 is 20.9 Å². The van der Waals surface area contributed by atoms with Gasteiger partial charge in [-0.25, -0.2) is 0 Å². The Balaban J connectivity index is 1.40. The van der Waals surface area contributed by atoms with Gasteiger partial charge in [0.2, 0.25) is 23.5 Å². The third-order valence-electron chi connectivity index (χ3n) is 9.83. The van der Waals surface area contributed by atoms with E-state index >= 15 is 0 Å². The van der Waals surface area contributed by atoms with Crippen LogP contribution in [0.3, 0.4) is 0 Å². The fourth-order valence-corrected chi connectivity index (χ4v) is 7.08. The zero-order valence-electron chi connectivity index (χ0n) is 28.5. The van der Waals surface area contributed by atoms with Crippen LogP contribution in [0.1, 0.15) is 104 Å². The molecule has 11 nitrogen and oxygen atoms in total. The van der Waals surface area contributed by atoms with Crippen LogP contribution in [0, 0.1) is 11.3 Å². The number of Topliss-reactive ketones (excluding diaryl/α,β-unsaturated/α-hetero) is 1. The highest BCUT2D eigenvalue weighted by Gasteiger charge is 2.54. The molecule has 2 heterocycles. The summed E-state index contributed by atoms with van der Waals surface area (Å²) in [6.45, 7) is 7.57. The van der Waals surface area contributed by atoms with Gasteiger partial charge in [0, 0.05) is 23.9 Å². The van der Waals surface area contributed by atoms with Crippen LogP contribution in [0.2, 0.25) is 5.02 Å². The van der Waals surface area contributed by atoms with Gasteiger partial charge in [0.15, 0.2) is 0 Å². The average molecular weight is 684 g/mol. The number of hydroxylamine groups is 1. The van der Waals surface area contributed by atoms with Crippen LogP contribution in [0.5, 0.6) is 0 Å². The number of carbonyl (C=O) groups is 5. The molecule has 5 rings (SSSR count). The quantitative estimate of drug-likeness (QED) is 0.242. The van der Waals surface area contributed by atoms with Gasteiger partial charge in [0.05, 0.1) is 18.3 Å². The molecule has 2 saturated carbocycles. The minimum absolute atomic E-state index is 0.00137. The summed E-state index contributed by atoms with van der Waals surface area (Å²) in [7, 11) is 0. The van der Waals surface area contributed by atoms with Crippen molar-refractivity contribution in [2.45, 2.75) is 128 Å². The number of rotatable bonds is 12. The molecule has 0 radical (unpaired) electrons. The molecule has 2 aliphatic carbocycles. The minimum Gasteiger partial charge on any atom is -0.347 e. The fourth-order valence-electron chi connectivity index (χ4n) is 6.95. The Morgan fingerprint density at radius 2 is 1.71 bits per heavy atom. The van der Waals surface area contributed by atoms with Crippen molar-refractivity contribution >= 4 is 46.7 Å². The lowest BCUT2D eigenvalue weighted by Gasteiger charge is -2.36. The van der Waals surface area contributed by atoms with E-state index in [0.717, 1.165) is 44.1 Å². The monoisotopic (exact) mass is 683 g/mol. The summed E-state index contributed by atoms with van der Waals surface area (Å²) in [4.78, 5) is 75.4. The van der Waals surface area contributed by atoms with E-state index in [1.54, 1.807) is 12.1 Å². The highest BCUT2D eigenvalue weighted by atomic mass is 35.5. The van der Waals surface area contributed by atoms with Gasteiger partial charge in [-0.15, -0.1) is 0 Å². The maximum absolute atomic E-state index is 14.5. The maximum atomic E-state index is 14.5. The number of carbonyl (C=O) groups excluding carboxylic acids is 5. The van der Waals surface area contributed by atoms with Gasteiger partial charge in [0.1, 0.15) is 17.7 Å². The summed E-state index contributed by atoms with van der Waals surface area (Å²) in [5.74, 6) is -2.25. The molecule has 4 amide bonds. The smallest absolute Gasteiger partial charge is 0.289 e. The molecule has 4 N–H and O–H groups in total. The molecule has 1 aromatic rings. The molecule has 2 aliphatic heterocycles. The van der Waals surface area contributed by atoms with Gasteiger partial charge in [-0.3, -0.25) is 34.3 Å². The molecule has 0 unspecified atom stereocenters. The largest absolute Gasteiger partial charge is 0.347 e. The number of likely N-dealkylation sites (tertiary alicyclic amines) is 1. The van der Waals surface area contributed by atoms with Crippen molar-refractivity contribution in [1.82, 2.24) is 26.3 Å². The summed E-state index contributed by atoms with van der Waals surface area (Å²) in [6, 6.07) is 4.24. The summed E-state index contributed by atoms with van der Waals surface area (Å²) >= 11 is 6.10. The second-order valence-electron chi connectivity index (χ2n) is 15.1. The third-order valence-corrected chi connectivity index (χ3v) is 10.1. The lowest BCUT2D eigenvalue weighted by Crippen LogP contribution is -2.59. The summed E-state index contributed by atoms with van der Waals surface area (Å²) in [5.41, 5.74) is 2.73. The van der Waals surface area contributed by atoms with Crippen molar-refractivity contribution in [2.75, 3.05) is 6.54 Å². The van der Waals surface area contributed by atoms with E-state index in [9.17, 15) is 24.0 Å². The molecular weight excluding hydrogens is 634 g/mol. The van der Waals surface area contributed by atoms with Gasteiger partial charge in [-0.05, 0) is 67.2 Å². The first-order valence-corrected chi connectivity index (χ1v) is 17.8. The van der Waals surface area contributed by atoms with E-state index in [0.29, 0.717) is 29.5 Å². The number of ketones is 1. The number of hydrogen-bond acceptors (Lipinski definition) is 7. The second-order valence-corrected chi connectivity index (χ2v) is 15.5. The lowest BCUT2D eigenvalue weighted by atomic mass is 9.84. The maximum Gasteiger partial charge on any atom is 0.289 e. The van der Waals surface area contributed by atoms with Crippen LogP contribution >= 0.6 is 11.6 Å². The third kappa shape index (κ3) is 8.77. The SMILES string of the molecule is CCC[C@H](NC(=O)[C@@H]1C[C@]2(C=C(c3ccc(Cl)cc3)NO2)CN1C(=O)[C@@H](NC(=O)CC1CCCCC1)C(C)(C)C)C(=O)C(=O)NC1CC1. The summed E-state index contributed by atoms with van der Waals surface area (Å²) in [6.07, 6.45) is 10.2. The molecular formula is C36H50ClN5O6. The van der Waals surface area contributed by atoms with E-state index < -0.39 is 52.6 Å². The molecule has 0 aromatic heterocycles. The minimum atomic E-state index is -1.06. The fraction of sp³-hybridized carbons (Fsp3) is 0.639. The Kier molecular flexibility index (Phi) is 11.2. The topological polar surface area (TPSA) is 146 Å². The zero-order chi connectivity index (χ0) is 34.6. The van der Waals surface area contributed by atoms with E-state index in [1.807, 2.05) is 45.9 Å². The van der Waals surface area contributed by atoms with E-state index in [4.69, 9.17) is 16.4 Å². The van der Waals surface area contributed by atoms with Gasteiger partial charge in [-0.2, -0.15) is 0 Å². The second kappa shape index (κ2) is 15.0. The van der Waals surface area contributed by atoms with Crippen LogP contribution in [0.25, 0.3) is 5.70 Å². The molecule has 4 atom stereocenters. The number of nitrogens with one attached hydrogen (secondary N) is 4. The molecule has 1 saturated heterocycles. The van der Waals surface area contributed by atoms with Crippen molar-refractivity contribution in [3.8, 4) is 0 Å². The molecule has 262 valence electrons. The Bertz CT molecular complexity index is 1410. The molecule has 48 heavy (non-hydrogen) atoms. The number of amides is 4. The Morgan fingerprint density at radius 1 is 1.02 bits per heavy atom. The standard InChI is InChI=1S/C36H50ClN5O6/c1-5-9-26(30(44)33(46)38-25-16-17-25)39-32(45)28-20-36(19-27(41-48-36)23-12-14-24(37)15-13-23)21-42(28)34(47)31(35(2,3)4)40-29(43)18-22-10-7-6-8-11-22/h12-15,19,22,25-26,28,31,41H,5-11,16-18,20-21H2,1-4H3,(H,38,46)(H,39,45)(H,40,43)/t26-,28-,31+,36+/m0/s1. The Labute approximate surface area is 288 Å². The van der Waals surface area contributed by atoms with Crippen LogP contribution < -0.4 is 21.4 Å². The number of nitrogens with zero attached hydrogens (tertiary/aromatic N) is 1. The highest BCUT2D eigenvalue weighted by Crippen LogP contribution is 2.39. The Morgan fingerprint density at radius 3 is 2.33 bits per heavy atom. The predicted molar refractivity (Wildman–Crippen MR) is 182 cm³/mol. The first-order valence-electron chi connectivity index (χ1n) is 17.5. The van der Waals surface area contributed by atoms with E-state index in [-0.39, 0.29) is 31.3 Å². The van der Waals surface area contributed by atoms with Crippen LogP contribution in [-0.2, 0) is 28.8 Å². The van der Waals surface area contributed by atoms with E-state index in [2.05, 4.69) is 21.4 Å². The molecule has 12 heteroatoms. The van der Waals surface area contributed by atoms with Gasteiger partial charge in [-0.1, -0.05) is 77.1 Å². The predicted octanol–water partition coefficient (Wildman–Crippen LogP) is 4.19. The van der Waals surface area contributed by atoms with Crippen molar-refractivity contribution in [1.29, 1.82) is 0 Å². The van der Waals surface area contributed by atoms with Crippen LogP contribution in [0.15, 0.2) is 30.3 Å². The number of halogens is 1. The van der Waals surface area contributed by atoms with Gasteiger partial charge >= 0.3 is 0 Å². The van der Waals surface area contributed by atoms with Crippen LogP contribution in [0.4, 0.5) is 0 Å². The number of benzene rings is 1. The van der Waals surface area contributed by atoms with Crippen LogP contribution in [-0.4, -0.2) is 70.6 Å². The summed E-state index contributed by atoms with van der Waals surface area (Å²) < 4.78 is 0. The molecule has 1 aromatic carbocycles. The highest BCUT2D eigenvalue weighted by molar-refractivity contribution is 6.38.